The predicted octanol–water partition coefficient (Wildman–Crippen LogP) is 1.52. The lowest BCUT2D eigenvalue weighted by atomic mass is 10.1. The molecule has 104 valence electrons. The second-order valence-corrected chi connectivity index (χ2v) is 4.04. The van der Waals surface area contributed by atoms with E-state index in [1.165, 1.54) is 0 Å². The van der Waals surface area contributed by atoms with Crippen molar-refractivity contribution >= 4 is 0 Å². The third-order valence-corrected chi connectivity index (χ3v) is 2.78. The van der Waals surface area contributed by atoms with Gasteiger partial charge in [-0.25, -0.2) is 0 Å². The van der Waals surface area contributed by atoms with Crippen LogP contribution >= 0.6 is 0 Å². The van der Waals surface area contributed by atoms with Crippen molar-refractivity contribution in [1.82, 2.24) is 4.90 Å². The molecule has 0 fully saturated rings. The van der Waals surface area contributed by atoms with Crippen molar-refractivity contribution in [3.05, 3.63) is 23.8 Å². The topological polar surface area (TPSA) is 41.9 Å². The molecule has 0 aliphatic carbocycles. The quantitative estimate of drug-likeness (QED) is 0.757. The molecule has 1 N–H and O–H groups in total. The highest BCUT2D eigenvalue weighted by Gasteiger charge is 2.09. The van der Waals surface area contributed by atoms with E-state index in [0.717, 1.165) is 17.1 Å². The van der Waals surface area contributed by atoms with Crippen LogP contribution in [-0.2, 0) is 6.54 Å². The molecular formula is C15H21NO3. The van der Waals surface area contributed by atoms with Gasteiger partial charge in [0.15, 0.2) is 0 Å². The molecule has 0 radical (unpaired) electrons. The molecule has 1 rings (SSSR count). The second kappa shape index (κ2) is 8.41. The number of benzene rings is 1. The van der Waals surface area contributed by atoms with Gasteiger partial charge in [0.2, 0.25) is 0 Å². The summed E-state index contributed by atoms with van der Waals surface area (Å²) in [5, 5.41) is 9.08. The molecule has 19 heavy (non-hydrogen) atoms. The Morgan fingerprint density at radius 1 is 1.26 bits per heavy atom. The van der Waals surface area contributed by atoms with Gasteiger partial charge in [-0.3, -0.25) is 4.90 Å². The molecule has 4 heteroatoms. The standard InChI is InChI=1S/C15H21NO3/c1-4-5-8-16(9-10-17)12-13-6-7-14(18-2)11-15(13)19-3/h6-7,11,17H,8-10,12H2,1-3H3. The van der Waals surface area contributed by atoms with Crippen LogP contribution in [0.1, 0.15) is 12.5 Å². The van der Waals surface area contributed by atoms with Crippen LogP contribution in [0, 0.1) is 11.8 Å². The zero-order valence-corrected chi connectivity index (χ0v) is 11.8. The lowest BCUT2D eigenvalue weighted by Crippen LogP contribution is -2.27. The highest BCUT2D eigenvalue weighted by atomic mass is 16.5. The van der Waals surface area contributed by atoms with Crippen LogP contribution in [-0.4, -0.2) is 43.9 Å². The fourth-order valence-corrected chi connectivity index (χ4v) is 1.77. The molecule has 0 aliphatic heterocycles. The first-order valence-corrected chi connectivity index (χ1v) is 6.18. The van der Waals surface area contributed by atoms with E-state index in [9.17, 15) is 0 Å². The SMILES string of the molecule is CC#CCN(CCO)Cc1ccc(OC)cc1OC. The van der Waals surface area contributed by atoms with Crippen molar-refractivity contribution in [2.24, 2.45) is 0 Å². The van der Waals surface area contributed by atoms with Gasteiger partial charge in [-0.1, -0.05) is 12.0 Å². The fraction of sp³-hybridized carbons (Fsp3) is 0.467. The van der Waals surface area contributed by atoms with Gasteiger partial charge in [0, 0.05) is 24.7 Å². The number of hydrogen-bond acceptors (Lipinski definition) is 4. The number of aliphatic hydroxyl groups excluding tert-OH is 1. The molecule has 0 aromatic heterocycles. The maximum absolute atomic E-state index is 9.08. The van der Waals surface area contributed by atoms with Crippen molar-refractivity contribution in [3.63, 3.8) is 0 Å². The summed E-state index contributed by atoms with van der Waals surface area (Å²) in [4.78, 5) is 2.07. The molecule has 4 nitrogen and oxygen atoms in total. The van der Waals surface area contributed by atoms with Crippen LogP contribution in [0.4, 0.5) is 0 Å². The van der Waals surface area contributed by atoms with Crippen molar-refractivity contribution < 1.29 is 14.6 Å². The minimum absolute atomic E-state index is 0.115. The number of hydrogen-bond donors (Lipinski definition) is 1. The van der Waals surface area contributed by atoms with Gasteiger partial charge in [0.05, 0.1) is 27.4 Å². The Kier molecular flexibility index (Phi) is 6.80. The lowest BCUT2D eigenvalue weighted by molar-refractivity contribution is 0.204. The normalized spacial score (nSPS) is 9.95. The van der Waals surface area contributed by atoms with E-state index in [4.69, 9.17) is 14.6 Å². The summed E-state index contributed by atoms with van der Waals surface area (Å²) < 4.78 is 10.5. The smallest absolute Gasteiger partial charge is 0.127 e. The average Bonchev–Trinajstić information content (AvgIpc) is 2.45. The highest BCUT2D eigenvalue weighted by Crippen LogP contribution is 2.25. The summed E-state index contributed by atoms with van der Waals surface area (Å²) >= 11 is 0. The highest BCUT2D eigenvalue weighted by molar-refractivity contribution is 5.40. The Balaban J connectivity index is 2.84. The molecule has 0 unspecified atom stereocenters. The molecule has 0 aliphatic rings. The van der Waals surface area contributed by atoms with Gasteiger partial charge in [0.25, 0.3) is 0 Å². The van der Waals surface area contributed by atoms with Crippen molar-refractivity contribution in [3.8, 4) is 23.3 Å². The van der Waals surface area contributed by atoms with Crippen molar-refractivity contribution in [2.45, 2.75) is 13.5 Å². The third kappa shape index (κ3) is 4.82. The fourth-order valence-electron chi connectivity index (χ4n) is 1.77. The largest absolute Gasteiger partial charge is 0.497 e. The first-order chi connectivity index (χ1) is 9.24. The third-order valence-electron chi connectivity index (χ3n) is 2.78. The van der Waals surface area contributed by atoms with Gasteiger partial charge in [0.1, 0.15) is 11.5 Å². The molecule has 0 bridgehead atoms. The first-order valence-electron chi connectivity index (χ1n) is 6.18. The van der Waals surface area contributed by atoms with Crippen molar-refractivity contribution in [2.75, 3.05) is 33.9 Å². The summed E-state index contributed by atoms with van der Waals surface area (Å²) in [5.74, 6) is 7.43. The van der Waals surface area contributed by atoms with E-state index in [2.05, 4.69) is 16.7 Å². The minimum Gasteiger partial charge on any atom is -0.497 e. The number of aliphatic hydroxyl groups is 1. The van der Waals surface area contributed by atoms with E-state index in [0.29, 0.717) is 19.6 Å². The van der Waals surface area contributed by atoms with Gasteiger partial charge < -0.3 is 14.6 Å². The van der Waals surface area contributed by atoms with Crippen LogP contribution in [0.5, 0.6) is 11.5 Å². The maximum Gasteiger partial charge on any atom is 0.127 e. The number of ether oxygens (including phenoxy) is 2. The Bertz CT molecular complexity index is 448. The Morgan fingerprint density at radius 3 is 2.63 bits per heavy atom. The molecule has 0 saturated heterocycles. The van der Waals surface area contributed by atoms with Crippen LogP contribution in [0.25, 0.3) is 0 Å². The Labute approximate surface area is 114 Å². The van der Waals surface area contributed by atoms with Crippen LogP contribution < -0.4 is 9.47 Å². The van der Waals surface area contributed by atoms with E-state index in [-0.39, 0.29) is 6.61 Å². The lowest BCUT2D eigenvalue weighted by Gasteiger charge is -2.20. The van der Waals surface area contributed by atoms with Gasteiger partial charge in [-0.15, -0.1) is 5.92 Å². The van der Waals surface area contributed by atoms with E-state index >= 15 is 0 Å². The van der Waals surface area contributed by atoms with Gasteiger partial charge in [-0.05, 0) is 13.0 Å². The average molecular weight is 263 g/mol. The minimum atomic E-state index is 0.115. The monoisotopic (exact) mass is 263 g/mol. The second-order valence-electron chi connectivity index (χ2n) is 4.04. The molecule has 0 atom stereocenters. The zero-order chi connectivity index (χ0) is 14.1. The molecule has 0 amide bonds. The molecule has 0 saturated carbocycles. The van der Waals surface area contributed by atoms with E-state index < -0.39 is 0 Å². The Hall–Kier alpha value is -1.70. The summed E-state index contributed by atoms with van der Waals surface area (Å²) in [6.45, 7) is 3.83. The summed E-state index contributed by atoms with van der Waals surface area (Å²) in [6.07, 6.45) is 0. The van der Waals surface area contributed by atoms with Crippen LogP contribution in [0.2, 0.25) is 0 Å². The van der Waals surface area contributed by atoms with Crippen molar-refractivity contribution in [1.29, 1.82) is 0 Å². The Morgan fingerprint density at radius 2 is 2.05 bits per heavy atom. The molecule has 0 heterocycles. The number of rotatable bonds is 7. The summed E-state index contributed by atoms with van der Waals surface area (Å²) in [6, 6.07) is 5.74. The van der Waals surface area contributed by atoms with E-state index in [1.807, 2.05) is 25.1 Å². The van der Waals surface area contributed by atoms with Crippen LogP contribution in [0.3, 0.4) is 0 Å². The predicted molar refractivity (Wildman–Crippen MR) is 75.4 cm³/mol. The molecular weight excluding hydrogens is 242 g/mol. The summed E-state index contributed by atoms with van der Waals surface area (Å²) in [7, 11) is 3.27. The first kappa shape index (κ1) is 15.4. The van der Waals surface area contributed by atoms with Crippen LogP contribution in [0.15, 0.2) is 18.2 Å². The number of nitrogens with zero attached hydrogens (tertiary/aromatic N) is 1. The number of methoxy groups -OCH3 is 2. The van der Waals surface area contributed by atoms with E-state index in [1.54, 1.807) is 14.2 Å². The van der Waals surface area contributed by atoms with Gasteiger partial charge >= 0.3 is 0 Å². The van der Waals surface area contributed by atoms with Gasteiger partial charge in [-0.2, -0.15) is 0 Å². The molecule has 0 spiro atoms. The summed E-state index contributed by atoms with van der Waals surface area (Å²) in [5.41, 5.74) is 1.05. The molecule has 1 aromatic carbocycles. The maximum atomic E-state index is 9.08. The zero-order valence-electron chi connectivity index (χ0n) is 11.8. The molecule has 1 aromatic rings.